The van der Waals surface area contributed by atoms with Gasteiger partial charge in [0, 0.05) is 38.1 Å². The molecule has 3 aromatic rings. The van der Waals surface area contributed by atoms with Crippen LogP contribution in [0.3, 0.4) is 0 Å². The van der Waals surface area contributed by atoms with Crippen molar-refractivity contribution in [1.82, 2.24) is 0 Å². The van der Waals surface area contributed by atoms with Crippen LogP contribution in [-0.2, 0) is 14.4 Å². The van der Waals surface area contributed by atoms with E-state index in [-0.39, 0.29) is 17.2 Å². The second kappa shape index (κ2) is 9.46. The Balaban J connectivity index is 1.78. The molecule has 2 N–H and O–H groups in total. The summed E-state index contributed by atoms with van der Waals surface area (Å²) in [7, 11) is 3.91. The molecule has 35 heavy (non-hydrogen) atoms. The average Bonchev–Trinajstić information content (AvgIpc) is 3.03. The molecule has 0 fully saturated rings. The number of hydrogen-bond acceptors (Lipinski definition) is 5. The third kappa shape index (κ3) is 4.94. The zero-order valence-corrected chi connectivity index (χ0v) is 20.5. The number of benzene rings is 3. The molecule has 0 atom stereocenters. The fourth-order valence-electron chi connectivity index (χ4n) is 4.14. The van der Waals surface area contributed by atoms with Gasteiger partial charge in [-0.25, -0.2) is 4.90 Å². The first-order chi connectivity index (χ1) is 16.6. The lowest BCUT2D eigenvalue weighted by Gasteiger charge is -2.17. The van der Waals surface area contributed by atoms with Crippen LogP contribution in [0.2, 0.25) is 0 Å². The van der Waals surface area contributed by atoms with Gasteiger partial charge in [-0.1, -0.05) is 18.2 Å². The van der Waals surface area contributed by atoms with Crippen molar-refractivity contribution < 1.29 is 14.4 Å². The number of amides is 3. The molecule has 0 aromatic heterocycles. The molecule has 0 radical (unpaired) electrons. The summed E-state index contributed by atoms with van der Waals surface area (Å²) in [5.74, 6) is -1.01. The molecule has 0 saturated heterocycles. The van der Waals surface area contributed by atoms with Crippen molar-refractivity contribution in [3.05, 3.63) is 89.1 Å². The van der Waals surface area contributed by atoms with Crippen LogP contribution in [-0.4, -0.2) is 31.8 Å². The Bertz CT molecular complexity index is 1320. The molecular formula is C28H28N4O3. The number of imide groups is 1. The number of aryl methyl sites for hydroxylation is 2. The second-order valence-corrected chi connectivity index (χ2v) is 8.87. The van der Waals surface area contributed by atoms with E-state index in [1.54, 1.807) is 24.3 Å². The van der Waals surface area contributed by atoms with Gasteiger partial charge in [0.2, 0.25) is 5.91 Å². The minimum absolute atomic E-state index is 0.186. The van der Waals surface area contributed by atoms with E-state index < -0.39 is 11.8 Å². The first kappa shape index (κ1) is 23.8. The van der Waals surface area contributed by atoms with E-state index in [1.807, 2.05) is 75.3 Å². The van der Waals surface area contributed by atoms with Gasteiger partial charge in [0.25, 0.3) is 11.8 Å². The summed E-state index contributed by atoms with van der Waals surface area (Å²) >= 11 is 0. The fraction of sp³-hybridized carbons (Fsp3) is 0.179. The third-order valence-electron chi connectivity index (χ3n) is 5.70. The molecule has 3 amide bonds. The van der Waals surface area contributed by atoms with E-state index >= 15 is 0 Å². The van der Waals surface area contributed by atoms with Gasteiger partial charge in [0.15, 0.2) is 0 Å². The summed E-state index contributed by atoms with van der Waals surface area (Å²) in [5.41, 5.74) is 5.84. The minimum atomic E-state index is -0.419. The molecule has 7 nitrogen and oxygen atoms in total. The van der Waals surface area contributed by atoms with E-state index in [9.17, 15) is 14.4 Å². The van der Waals surface area contributed by atoms with Crippen LogP contribution in [0.1, 0.15) is 23.6 Å². The molecule has 0 spiro atoms. The predicted molar refractivity (Wildman–Crippen MR) is 140 cm³/mol. The number of nitrogens with zero attached hydrogens (tertiary/aromatic N) is 2. The zero-order chi connectivity index (χ0) is 25.3. The maximum atomic E-state index is 13.7. The summed E-state index contributed by atoms with van der Waals surface area (Å²) in [6.45, 7) is 5.30. The molecule has 1 heterocycles. The summed E-state index contributed by atoms with van der Waals surface area (Å²) in [6.07, 6.45) is 0. The van der Waals surface area contributed by atoms with Crippen molar-refractivity contribution in [2.75, 3.05) is 34.5 Å². The Kier molecular flexibility index (Phi) is 6.42. The summed E-state index contributed by atoms with van der Waals surface area (Å²) in [5, 5.41) is 5.91. The van der Waals surface area contributed by atoms with Gasteiger partial charge < -0.3 is 15.5 Å². The van der Waals surface area contributed by atoms with Gasteiger partial charge in [-0.05, 0) is 79.1 Å². The van der Waals surface area contributed by atoms with Crippen molar-refractivity contribution in [1.29, 1.82) is 0 Å². The lowest BCUT2D eigenvalue weighted by Crippen LogP contribution is -2.32. The van der Waals surface area contributed by atoms with E-state index in [0.717, 1.165) is 16.8 Å². The maximum Gasteiger partial charge on any atom is 0.282 e. The highest BCUT2D eigenvalue weighted by Crippen LogP contribution is 2.35. The molecule has 1 aliphatic rings. The summed E-state index contributed by atoms with van der Waals surface area (Å²) in [4.78, 5) is 41.9. The Morgan fingerprint density at radius 1 is 0.800 bits per heavy atom. The predicted octanol–water partition coefficient (Wildman–Crippen LogP) is 4.72. The van der Waals surface area contributed by atoms with E-state index in [4.69, 9.17) is 0 Å². The molecule has 1 aliphatic heterocycles. The normalized spacial score (nSPS) is 13.3. The van der Waals surface area contributed by atoms with E-state index in [2.05, 4.69) is 10.6 Å². The summed E-state index contributed by atoms with van der Waals surface area (Å²) < 4.78 is 0. The highest BCUT2D eigenvalue weighted by Gasteiger charge is 2.40. The van der Waals surface area contributed by atoms with Gasteiger partial charge in [-0.2, -0.15) is 0 Å². The van der Waals surface area contributed by atoms with Crippen LogP contribution in [0.15, 0.2) is 72.4 Å². The van der Waals surface area contributed by atoms with E-state index in [0.29, 0.717) is 22.6 Å². The standard InChI is InChI=1S/C28H28N4O3/c1-17-14-18(2)16-24(15-17)32-27(34)25(20-6-8-21(9-7-20)29-19(3)33)26(28(32)35)30-22-10-12-23(13-11-22)31(4)5/h6-16,30H,1-5H3,(H,29,33). The third-order valence-corrected chi connectivity index (χ3v) is 5.70. The number of anilines is 4. The summed E-state index contributed by atoms with van der Waals surface area (Å²) in [6, 6.07) is 20.2. The van der Waals surface area contributed by atoms with Crippen molar-refractivity contribution >= 4 is 46.0 Å². The van der Waals surface area contributed by atoms with Crippen LogP contribution >= 0.6 is 0 Å². The molecule has 178 valence electrons. The molecule has 0 unspecified atom stereocenters. The molecule has 3 aromatic carbocycles. The maximum absolute atomic E-state index is 13.7. The van der Waals surface area contributed by atoms with E-state index in [1.165, 1.54) is 11.8 Å². The van der Waals surface area contributed by atoms with Gasteiger partial charge in [0.1, 0.15) is 5.70 Å². The minimum Gasteiger partial charge on any atom is -0.378 e. The Labute approximate surface area is 205 Å². The number of carbonyl (C=O) groups excluding carboxylic acids is 3. The largest absolute Gasteiger partial charge is 0.378 e. The van der Waals surface area contributed by atoms with Crippen molar-refractivity contribution in [3.63, 3.8) is 0 Å². The smallest absolute Gasteiger partial charge is 0.282 e. The Morgan fingerprint density at radius 2 is 1.37 bits per heavy atom. The number of hydrogen-bond donors (Lipinski definition) is 2. The van der Waals surface area contributed by atoms with Crippen molar-refractivity contribution in [2.45, 2.75) is 20.8 Å². The lowest BCUT2D eigenvalue weighted by atomic mass is 10.0. The first-order valence-electron chi connectivity index (χ1n) is 11.3. The van der Waals surface area contributed by atoms with Gasteiger partial charge in [-0.15, -0.1) is 0 Å². The Morgan fingerprint density at radius 3 is 1.91 bits per heavy atom. The Hall–Kier alpha value is -4.39. The molecular weight excluding hydrogens is 440 g/mol. The lowest BCUT2D eigenvalue weighted by molar-refractivity contribution is -0.120. The highest BCUT2D eigenvalue weighted by atomic mass is 16.2. The molecule has 7 heteroatoms. The van der Waals surface area contributed by atoms with Gasteiger partial charge in [-0.3, -0.25) is 14.4 Å². The first-order valence-corrected chi connectivity index (χ1v) is 11.3. The number of rotatable bonds is 6. The molecule has 0 bridgehead atoms. The number of carbonyl (C=O) groups is 3. The quantitative estimate of drug-likeness (QED) is 0.512. The van der Waals surface area contributed by atoms with Crippen molar-refractivity contribution in [3.8, 4) is 0 Å². The van der Waals surface area contributed by atoms with Crippen LogP contribution in [0.4, 0.5) is 22.7 Å². The zero-order valence-electron chi connectivity index (χ0n) is 20.5. The SMILES string of the molecule is CC(=O)Nc1ccc(C2=C(Nc3ccc(N(C)C)cc3)C(=O)N(c3cc(C)cc(C)c3)C2=O)cc1. The monoisotopic (exact) mass is 468 g/mol. The molecule has 0 aliphatic carbocycles. The topological polar surface area (TPSA) is 81.8 Å². The number of nitrogens with one attached hydrogen (secondary N) is 2. The fourth-order valence-corrected chi connectivity index (χ4v) is 4.14. The average molecular weight is 469 g/mol. The van der Waals surface area contributed by atoms with Crippen LogP contribution < -0.4 is 20.4 Å². The highest BCUT2D eigenvalue weighted by molar-refractivity contribution is 6.46. The van der Waals surface area contributed by atoms with Crippen LogP contribution in [0.5, 0.6) is 0 Å². The van der Waals surface area contributed by atoms with Crippen LogP contribution in [0.25, 0.3) is 5.57 Å². The van der Waals surface area contributed by atoms with Gasteiger partial charge in [0.05, 0.1) is 11.3 Å². The van der Waals surface area contributed by atoms with Crippen molar-refractivity contribution in [2.24, 2.45) is 0 Å². The second-order valence-electron chi connectivity index (χ2n) is 8.87. The molecule has 0 saturated carbocycles. The van der Waals surface area contributed by atoms with Crippen LogP contribution in [0, 0.1) is 13.8 Å². The van der Waals surface area contributed by atoms with Gasteiger partial charge >= 0.3 is 0 Å². The molecule has 4 rings (SSSR count).